The Kier molecular flexibility index (Phi) is 6.13. The lowest BCUT2D eigenvalue weighted by Crippen LogP contribution is -2.68. The number of hydrazine groups is 1. The molecule has 3 rings (SSSR count). The Hall–Kier alpha value is -1.82. The van der Waals surface area contributed by atoms with Gasteiger partial charge < -0.3 is 5.32 Å². The Labute approximate surface area is 165 Å². The van der Waals surface area contributed by atoms with Crippen molar-refractivity contribution in [2.75, 3.05) is 20.8 Å². The van der Waals surface area contributed by atoms with Crippen molar-refractivity contribution in [2.24, 2.45) is 5.92 Å². The smallest absolute Gasteiger partial charge is 0.327 e. The van der Waals surface area contributed by atoms with Gasteiger partial charge in [0.15, 0.2) is 0 Å². The zero-order chi connectivity index (χ0) is 21.5. The summed E-state index contributed by atoms with van der Waals surface area (Å²) in [6, 6.07) is 0.842. The zero-order valence-corrected chi connectivity index (χ0v) is 16.2. The van der Waals surface area contributed by atoms with Crippen LogP contribution in [-0.2, 0) is 11.0 Å². The molecule has 6 nitrogen and oxygen atoms in total. The number of amides is 1. The van der Waals surface area contributed by atoms with Gasteiger partial charge in [-0.15, -0.1) is 0 Å². The molecule has 0 spiro atoms. The Bertz CT molecular complexity index is 759. The quantitative estimate of drug-likeness (QED) is 0.635. The Balaban J connectivity index is 1.95. The van der Waals surface area contributed by atoms with Crippen molar-refractivity contribution in [3.05, 3.63) is 35.1 Å². The van der Waals surface area contributed by atoms with Gasteiger partial charge in [0.2, 0.25) is 5.91 Å². The van der Waals surface area contributed by atoms with Crippen LogP contribution >= 0.6 is 0 Å². The number of alkyl halides is 4. The summed E-state index contributed by atoms with van der Waals surface area (Å²) in [7, 11) is 3.48. The third-order valence-electron chi connectivity index (χ3n) is 5.39. The predicted octanol–water partition coefficient (Wildman–Crippen LogP) is 1.96. The number of carbonyl (C=O) groups excluding carboxylic acids is 1. The molecule has 11 heteroatoms. The molecule has 1 aromatic carbocycles. The van der Waals surface area contributed by atoms with E-state index < -0.39 is 54.7 Å². The second-order valence-corrected chi connectivity index (χ2v) is 7.47. The fraction of sp³-hybridized carbons (Fsp3) is 0.611. The summed E-state index contributed by atoms with van der Waals surface area (Å²) >= 11 is 0. The average Bonchev–Trinajstić information content (AvgIpc) is 3.02. The maximum Gasteiger partial charge on any atom is 0.416 e. The van der Waals surface area contributed by atoms with Crippen LogP contribution in [0.1, 0.15) is 30.5 Å². The number of hydrogen-bond donors (Lipinski definition) is 3. The van der Waals surface area contributed by atoms with Crippen LogP contribution in [0.15, 0.2) is 18.2 Å². The van der Waals surface area contributed by atoms with Crippen molar-refractivity contribution in [1.82, 2.24) is 26.0 Å². The summed E-state index contributed by atoms with van der Waals surface area (Å²) < 4.78 is 66.8. The molecule has 5 atom stereocenters. The van der Waals surface area contributed by atoms with Crippen molar-refractivity contribution in [1.29, 1.82) is 0 Å². The lowest BCUT2D eigenvalue weighted by atomic mass is 9.95. The van der Waals surface area contributed by atoms with Crippen LogP contribution < -0.4 is 16.1 Å². The van der Waals surface area contributed by atoms with Crippen LogP contribution in [-0.4, -0.2) is 55.1 Å². The van der Waals surface area contributed by atoms with Gasteiger partial charge in [0.25, 0.3) is 0 Å². The second kappa shape index (κ2) is 8.13. The van der Waals surface area contributed by atoms with Gasteiger partial charge in [-0.1, -0.05) is 13.0 Å². The average molecular weight is 421 g/mol. The van der Waals surface area contributed by atoms with E-state index in [0.29, 0.717) is 12.5 Å². The summed E-state index contributed by atoms with van der Waals surface area (Å²) in [5.41, 5.74) is 1.89. The molecule has 2 fully saturated rings. The predicted molar refractivity (Wildman–Crippen MR) is 95.2 cm³/mol. The van der Waals surface area contributed by atoms with E-state index in [2.05, 4.69) is 16.1 Å². The summed E-state index contributed by atoms with van der Waals surface area (Å²) in [5.74, 6) is -2.13. The molecule has 162 valence electrons. The Morgan fingerprint density at radius 3 is 2.48 bits per heavy atom. The molecule has 2 aliphatic rings. The standard InChI is InChI=1S/C18H24F5N5O/c1-4-13(10-6-5-9(7-11(10)20)18(21,22)23)28-15-14(12(8-19)26-28)16(29)25-17(24-15)27(2)3/h5-7,12-15,17,24,26H,4,8H2,1-3H3,(H,25,29). The minimum absolute atomic E-state index is 0.0421. The van der Waals surface area contributed by atoms with Gasteiger partial charge in [0.05, 0.1) is 29.7 Å². The molecule has 2 saturated heterocycles. The van der Waals surface area contributed by atoms with Crippen LogP contribution in [0.3, 0.4) is 0 Å². The first-order chi connectivity index (χ1) is 13.6. The van der Waals surface area contributed by atoms with E-state index in [1.807, 2.05) is 0 Å². The van der Waals surface area contributed by atoms with Crippen LogP contribution in [0.5, 0.6) is 0 Å². The van der Waals surface area contributed by atoms with Gasteiger partial charge in [0, 0.05) is 5.56 Å². The normalized spacial score (nSPS) is 29.1. The molecule has 3 N–H and O–H groups in total. The van der Waals surface area contributed by atoms with E-state index in [1.165, 1.54) is 0 Å². The Morgan fingerprint density at radius 2 is 1.97 bits per heavy atom. The first-order valence-electron chi connectivity index (χ1n) is 9.28. The molecule has 2 heterocycles. The summed E-state index contributed by atoms with van der Waals surface area (Å²) in [6.07, 6.45) is -5.52. The number of hydrogen-bond acceptors (Lipinski definition) is 5. The minimum Gasteiger partial charge on any atom is -0.327 e. The highest BCUT2D eigenvalue weighted by Gasteiger charge is 2.52. The first kappa shape index (κ1) is 21.9. The molecule has 0 saturated carbocycles. The van der Waals surface area contributed by atoms with E-state index in [1.54, 1.807) is 30.9 Å². The maximum atomic E-state index is 14.6. The SMILES string of the molecule is CCC(c1ccc(C(F)(F)F)cc1F)N1NC(CF)C2C(=O)NC(N(C)C)NC21. The lowest BCUT2D eigenvalue weighted by Gasteiger charge is -2.41. The Morgan fingerprint density at radius 1 is 1.28 bits per heavy atom. The van der Waals surface area contributed by atoms with Crippen molar-refractivity contribution in [3.63, 3.8) is 0 Å². The third-order valence-corrected chi connectivity index (χ3v) is 5.39. The zero-order valence-electron chi connectivity index (χ0n) is 16.2. The van der Waals surface area contributed by atoms with Gasteiger partial charge >= 0.3 is 6.18 Å². The second-order valence-electron chi connectivity index (χ2n) is 7.47. The number of benzene rings is 1. The number of nitrogens with zero attached hydrogens (tertiary/aromatic N) is 2. The lowest BCUT2D eigenvalue weighted by molar-refractivity contribution is -0.138. The highest BCUT2D eigenvalue weighted by atomic mass is 19.4. The summed E-state index contributed by atoms with van der Waals surface area (Å²) in [4.78, 5) is 14.3. The molecule has 5 unspecified atom stereocenters. The van der Waals surface area contributed by atoms with E-state index in [4.69, 9.17) is 0 Å². The molecular weight excluding hydrogens is 397 g/mol. The number of nitrogens with one attached hydrogen (secondary N) is 3. The maximum absolute atomic E-state index is 14.6. The molecule has 1 aromatic rings. The number of rotatable bonds is 5. The molecule has 0 aromatic heterocycles. The van der Waals surface area contributed by atoms with Crippen molar-refractivity contribution < 1.29 is 26.7 Å². The monoisotopic (exact) mass is 421 g/mol. The van der Waals surface area contributed by atoms with Gasteiger partial charge in [-0.2, -0.15) is 13.2 Å². The highest BCUT2D eigenvalue weighted by Crippen LogP contribution is 2.37. The van der Waals surface area contributed by atoms with Gasteiger partial charge in [-0.05, 0) is 32.6 Å². The molecule has 0 radical (unpaired) electrons. The number of halogens is 5. The van der Waals surface area contributed by atoms with Crippen LogP contribution in [0, 0.1) is 11.7 Å². The molecule has 0 aliphatic carbocycles. The topological polar surface area (TPSA) is 59.6 Å². The minimum atomic E-state index is -4.65. The number of carbonyl (C=O) groups is 1. The van der Waals surface area contributed by atoms with Crippen molar-refractivity contribution >= 4 is 5.91 Å². The van der Waals surface area contributed by atoms with E-state index >= 15 is 0 Å². The molecular formula is C18H24F5N5O. The first-order valence-corrected chi connectivity index (χ1v) is 9.28. The van der Waals surface area contributed by atoms with E-state index in [9.17, 15) is 26.7 Å². The molecule has 2 aliphatic heterocycles. The van der Waals surface area contributed by atoms with Crippen LogP contribution in [0.25, 0.3) is 0 Å². The van der Waals surface area contributed by atoms with Crippen molar-refractivity contribution in [3.8, 4) is 0 Å². The van der Waals surface area contributed by atoms with Gasteiger partial charge in [0.1, 0.15) is 18.8 Å². The van der Waals surface area contributed by atoms with Crippen molar-refractivity contribution in [2.45, 2.75) is 44.1 Å². The number of fused-ring (bicyclic) bond motifs is 1. The summed E-state index contributed by atoms with van der Waals surface area (Å²) in [6.45, 7) is 0.916. The van der Waals surface area contributed by atoms with E-state index in [-0.39, 0.29) is 11.5 Å². The molecule has 0 bridgehead atoms. The molecule has 1 amide bonds. The van der Waals surface area contributed by atoms with E-state index in [0.717, 1.165) is 12.1 Å². The molecule has 29 heavy (non-hydrogen) atoms. The summed E-state index contributed by atoms with van der Waals surface area (Å²) in [5, 5.41) is 7.49. The fourth-order valence-corrected chi connectivity index (χ4v) is 3.92. The third kappa shape index (κ3) is 4.09. The highest BCUT2D eigenvalue weighted by molar-refractivity contribution is 5.81. The van der Waals surface area contributed by atoms with Gasteiger partial charge in [-0.3, -0.25) is 15.0 Å². The van der Waals surface area contributed by atoms with Gasteiger partial charge in [-0.25, -0.2) is 19.2 Å². The van der Waals surface area contributed by atoms with Crippen LogP contribution in [0.4, 0.5) is 22.0 Å². The fourth-order valence-electron chi connectivity index (χ4n) is 3.92. The van der Waals surface area contributed by atoms with Crippen LogP contribution in [0.2, 0.25) is 0 Å². The largest absolute Gasteiger partial charge is 0.416 e.